The molecule has 4 N–H and O–H groups in total. The molecule has 26 heavy (non-hydrogen) atoms. The average molecular weight is 361 g/mol. The summed E-state index contributed by atoms with van der Waals surface area (Å²) in [7, 11) is 0. The summed E-state index contributed by atoms with van der Waals surface area (Å²) >= 11 is 0. The Labute approximate surface area is 151 Å². The topological polar surface area (TPSA) is 119 Å². The van der Waals surface area contributed by atoms with Gasteiger partial charge in [-0.1, -0.05) is 0 Å². The standard InChI is InChI=1S/C18H23N3O5/c22-15-6-5-14(17(25)20-15)19-12-1-3-13(4-2-12)21-9-7-18(26,8-10-21)11-16(23)24/h1-4,14,19,26H,5-11H2,(H,23,24)(H,20,22,25). The number of aliphatic hydroxyl groups is 1. The Bertz CT molecular complexity index is 695. The zero-order valence-electron chi connectivity index (χ0n) is 14.4. The molecule has 140 valence electrons. The molecule has 3 rings (SSSR count). The number of carbonyl (C=O) groups is 3. The van der Waals surface area contributed by atoms with Gasteiger partial charge < -0.3 is 20.4 Å². The van der Waals surface area contributed by atoms with E-state index in [0.29, 0.717) is 38.8 Å². The zero-order chi connectivity index (χ0) is 18.7. The third kappa shape index (κ3) is 4.32. The SMILES string of the molecule is O=C(O)CC1(O)CCN(c2ccc(NC3CCC(=O)NC3=O)cc2)CC1. The number of carbonyl (C=O) groups excluding carboxylic acids is 2. The molecule has 1 aromatic carbocycles. The summed E-state index contributed by atoms with van der Waals surface area (Å²) in [5.74, 6) is -1.53. The number of nitrogens with one attached hydrogen (secondary N) is 2. The summed E-state index contributed by atoms with van der Waals surface area (Å²) < 4.78 is 0. The van der Waals surface area contributed by atoms with Gasteiger partial charge in [0.15, 0.2) is 0 Å². The van der Waals surface area contributed by atoms with Crippen molar-refractivity contribution in [1.29, 1.82) is 0 Å². The van der Waals surface area contributed by atoms with Crippen molar-refractivity contribution in [3.63, 3.8) is 0 Å². The van der Waals surface area contributed by atoms with Gasteiger partial charge in [0.25, 0.3) is 0 Å². The maximum absolute atomic E-state index is 11.8. The Morgan fingerprint density at radius 1 is 1.23 bits per heavy atom. The third-order valence-corrected chi connectivity index (χ3v) is 4.99. The first-order chi connectivity index (χ1) is 12.3. The van der Waals surface area contributed by atoms with Crippen LogP contribution in [0.3, 0.4) is 0 Å². The van der Waals surface area contributed by atoms with Crippen LogP contribution in [0.2, 0.25) is 0 Å². The molecule has 2 aliphatic rings. The fourth-order valence-corrected chi connectivity index (χ4v) is 3.44. The lowest BCUT2D eigenvalue weighted by atomic mass is 9.88. The second-order valence-corrected chi connectivity index (χ2v) is 6.98. The van der Waals surface area contributed by atoms with Crippen LogP contribution in [0.25, 0.3) is 0 Å². The van der Waals surface area contributed by atoms with Gasteiger partial charge in [0, 0.05) is 30.9 Å². The minimum absolute atomic E-state index is 0.227. The number of hydrogen-bond donors (Lipinski definition) is 4. The number of piperidine rings is 2. The number of aliphatic carboxylic acids is 1. The molecular formula is C18H23N3O5. The molecule has 2 amide bonds. The maximum atomic E-state index is 11.8. The smallest absolute Gasteiger partial charge is 0.306 e. The van der Waals surface area contributed by atoms with Gasteiger partial charge in [0.05, 0.1) is 12.0 Å². The summed E-state index contributed by atoms with van der Waals surface area (Å²) in [5.41, 5.74) is 0.647. The highest BCUT2D eigenvalue weighted by Gasteiger charge is 2.34. The Morgan fingerprint density at radius 2 is 1.88 bits per heavy atom. The molecule has 0 saturated carbocycles. The molecule has 8 nitrogen and oxygen atoms in total. The van der Waals surface area contributed by atoms with Crippen molar-refractivity contribution in [2.45, 2.75) is 43.7 Å². The summed E-state index contributed by atoms with van der Waals surface area (Å²) in [6, 6.07) is 7.18. The van der Waals surface area contributed by atoms with E-state index in [0.717, 1.165) is 11.4 Å². The number of rotatable bonds is 5. The number of anilines is 2. The van der Waals surface area contributed by atoms with E-state index in [4.69, 9.17) is 5.11 Å². The quantitative estimate of drug-likeness (QED) is 0.570. The largest absolute Gasteiger partial charge is 0.481 e. The number of hydrogen-bond acceptors (Lipinski definition) is 6. The van der Waals surface area contributed by atoms with E-state index in [1.54, 1.807) is 0 Å². The summed E-state index contributed by atoms with van der Waals surface area (Å²) in [4.78, 5) is 35.9. The van der Waals surface area contributed by atoms with Crippen LogP contribution in [-0.4, -0.2) is 52.7 Å². The minimum Gasteiger partial charge on any atom is -0.481 e. The third-order valence-electron chi connectivity index (χ3n) is 4.99. The van der Waals surface area contributed by atoms with Crippen LogP contribution < -0.4 is 15.5 Å². The molecule has 1 atom stereocenters. The van der Waals surface area contributed by atoms with Crippen LogP contribution >= 0.6 is 0 Å². The Hall–Kier alpha value is -2.61. The number of benzene rings is 1. The first kappa shape index (κ1) is 18.2. The van der Waals surface area contributed by atoms with Crippen LogP contribution in [0.1, 0.15) is 32.1 Å². The average Bonchev–Trinajstić information content (AvgIpc) is 2.58. The van der Waals surface area contributed by atoms with Crippen LogP contribution in [0.15, 0.2) is 24.3 Å². The molecule has 0 radical (unpaired) electrons. The van der Waals surface area contributed by atoms with E-state index < -0.39 is 17.6 Å². The highest BCUT2D eigenvalue weighted by Crippen LogP contribution is 2.29. The van der Waals surface area contributed by atoms with E-state index >= 15 is 0 Å². The van der Waals surface area contributed by atoms with E-state index in [1.807, 2.05) is 24.3 Å². The number of imide groups is 1. The summed E-state index contributed by atoms with van der Waals surface area (Å²) in [5, 5.41) is 24.6. The van der Waals surface area contributed by atoms with Gasteiger partial charge in [-0.2, -0.15) is 0 Å². The second kappa shape index (κ2) is 7.33. The van der Waals surface area contributed by atoms with Crippen molar-refractivity contribution in [2.75, 3.05) is 23.3 Å². The van der Waals surface area contributed by atoms with E-state index in [-0.39, 0.29) is 18.2 Å². The fourth-order valence-electron chi connectivity index (χ4n) is 3.44. The molecule has 0 spiro atoms. The lowest BCUT2D eigenvalue weighted by Crippen LogP contribution is -2.47. The van der Waals surface area contributed by atoms with Gasteiger partial charge in [-0.3, -0.25) is 19.7 Å². The normalized spacial score (nSPS) is 22.7. The van der Waals surface area contributed by atoms with Crippen molar-refractivity contribution in [3.05, 3.63) is 24.3 Å². The van der Waals surface area contributed by atoms with Crippen LogP contribution in [-0.2, 0) is 14.4 Å². The van der Waals surface area contributed by atoms with Crippen LogP contribution in [0.4, 0.5) is 11.4 Å². The first-order valence-corrected chi connectivity index (χ1v) is 8.74. The first-order valence-electron chi connectivity index (χ1n) is 8.74. The van der Waals surface area contributed by atoms with Gasteiger partial charge in [-0.05, 0) is 43.5 Å². The summed E-state index contributed by atoms with van der Waals surface area (Å²) in [6.07, 6.45) is 1.40. The van der Waals surface area contributed by atoms with Crippen LogP contribution in [0.5, 0.6) is 0 Å². The molecule has 1 unspecified atom stereocenters. The Balaban J connectivity index is 1.56. The lowest BCUT2D eigenvalue weighted by Gasteiger charge is -2.38. The van der Waals surface area contributed by atoms with Gasteiger partial charge in [0.2, 0.25) is 11.8 Å². The van der Waals surface area contributed by atoms with E-state index in [1.165, 1.54) is 0 Å². The molecule has 2 saturated heterocycles. The molecule has 0 bridgehead atoms. The van der Waals surface area contributed by atoms with Crippen molar-refractivity contribution in [3.8, 4) is 0 Å². The molecule has 0 aliphatic carbocycles. The Morgan fingerprint density at radius 3 is 2.46 bits per heavy atom. The Kier molecular flexibility index (Phi) is 5.13. The van der Waals surface area contributed by atoms with Crippen molar-refractivity contribution in [2.24, 2.45) is 0 Å². The molecular weight excluding hydrogens is 338 g/mol. The highest BCUT2D eigenvalue weighted by molar-refractivity contribution is 6.01. The minimum atomic E-state index is -1.13. The van der Waals surface area contributed by atoms with Crippen LogP contribution in [0, 0.1) is 0 Å². The predicted molar refractivity (Wildman–Crippen MR) is 94.9 cm³/mol. The van der Waals surface area contributed by atoms with Gasteiger partial charge >= 0.3 is 5.97 Å². The van der Waals surface area contributed by atoms with E-state index in [9.17, 15) is 19.5 Å². The van der Waals surface area contributed by atoms with Crippen molar-refractivity contribution < 1.29 is 24.6 Å². The fraction of sp³-hybridized carbons (Fsp3) is 0.500. The van der Waals surface area contributed by atoms with Gasteiger partial charge in [0.1, 0.15) is 6.04 Å². The molecule has 2 aliphatic heterocycles. The second-order valence-electron chi connectivity index (χ2n) is 6.98. The van der Waals surface area contributed by atoms with Crippen molar-refractivity contribution in [1.82, 2.24) is 5.32 Å². The van der Waals surface area contributed by atoms with Crippen molar-refractivity contribution >= 4 is 29.2 Å². The molecule has 2 fully saturated rings. The monoisotopic (exact) mass is 361 g/mol. The molecule has 2 heterocycles. The molecule has 8 heteroatoms. The number of nitrogens with zero attached hydrogens (tertiary/aromatic N) is 1. The zero-order valence-corrected chi connectivity index (χ0v) is 14.4. The molecule has 0 aromatic heterocycles. The maximum Gasteiger partial charge on any atom is 0.306 e. The molecule has 1 aromatic rings. The van der Waals surface area contributed by atoms with Gasteiger partial charge in [-0.25, -0.2) is 0 Å². The lowest BCUT2D eigenvalue weighted by molar-refractivity contribution is -0.143. The highest BCUT2D eigenvalue weighted by atomic mass is 16.4. The van der Waals surface area contributed by atoms with E-state index in [2.05, 4.69) is 15.5 Å². The summed E-state index contributed by atoms with van der Waals surface area (Å²) in [6.45, 7) is 1.17. The number of amides is 2. The number of carboxylic acids is 1. The predicted octanol–water partition coefficient (Wildman–Crippen LogP) is 0.710. The van der Waals surface area contributed by atoms with Gasteiger partial charge in [-0.15, -0.1) is 0 Å². The number of carboxylic acid groups (broad SMARTS) is 1.